The van der Waals surface area contributed by atoms with E-state index in [1.54, 1.807) is 17.3 Å². The number of nitrogens with zero attached hydrogens (tertiary/aromatic N) is 3. The molecule has 1 aromatic heterocycles. The van der Waals surface area contributed by atoms with Gasteiger partial charge in [0, 0.05) is 10.0 Å². The molecule has 0 saturated heterocycles. The van der Waals surface area contributed by atoms with Gasteiger partial charge >= 0.3 is 0 Å². The van der Waals surface area contributed by atoms with Crippen LogP contribution in [0.25, 0.3) is 0 Å². The number of aromatic nitrogens is 3. The first kappa shape index (κ1) is 13.9. The van der Waals surface area contributed by atoms with Crippen LogP contribution in [0, 0.1) is 0 Å². The van der Waals surface area contributed by atoms with Crippen molar-refractivity contribution in [3.8, 4) is 0 Å². The summed E-state index contributed by atoms with van der Waals surface area (Å²) in [6.45, 7) is 0. The monoisotopic (exact) mass is 318 g/mol. The van der Waals surface area contributed by atoms with Crippen molar-refractivity contribution in [3.05, 3.63) is 82.4 Å². The lowest BCUT2D eigenvalue weighted by Gasteiger charge is -2.21. The fourth-order valence-corrected chi connectivity index (χ4v) is 2.32. The zero-order valence-corrected chi connectivity index (χ0v) is 12.5. The molecule has 4 nitrogen and oxygen atoms in total. The summed E-state index contributed by atoms with van der Waals surface area (Å²) in [6, 6.07) is 15.4. The van der Waals surface area contributed by atoms with Gasteiger partial charge in [-0.1, -0.05) is 47.5 Å². The molecule has 0 bridgehead atoms. The molecule has 0 saturated carbocycles. The van der Waals surface area contributed by atoms with Gasteiger partial charge in [0.15, 0.2) is 0 Å². The van der Waals surface area contributed by atoms with Gasteiger partial charge in [0.1, 0.15) is 12.7 Å². The van der Waals surface area contributed by atoms with Gasteiger partial charge in [0.25, 0.3) is 0 Å². The van der Waals surface area contributed by atoms with E-state index >= 15 is 0 Å². The van der Waals surface area contributed by atoms with Crippen LogP contribution in [0.3, 0.4) is 0 Å². The molecule has 21 heavy (non-hydrogen) atoms. The predicted octanol–water partition coefficient (Wildman–Crippen LogP) is 3.92. The zero-order valence-electron chi connectivity index (χ0n) is 10.9. The van der Waals surface area contributed by atoms with Crippen molar-refractivity contribution in [1.29, 1.82) is 0 Å². The predicted molar refractivity (Wildman–Crippen MR) is 84.1 cm³/mol. The first-order valence-corrected chi connectivity index (χ1v) is 7.10. The van der Waals surface area contributed by atoms with E-state index in [-0.39, 0.29) is 6.04 Å². The SMILES string of the molecule is Clc1ccc(C(Nn2cnnc2)c2ccc(Cl)cc2)cc1. The van der Waals surface area contributed by atoms with Gasteiger partial charge in [-0.2, -0.15) is 0 Å². The van der Waals surface area contributed by atoms with Gasteiger partial charge in [0.05, 0.1) is 6.04 Å². The molecular formula is C15H12Cl2N4. The molecule has 0 aliphatic heterocycles. The molecule has 0 radical (unpaired) electrons. The van der Waals surface area contributed by atoms with Gasteiger partial charge in [-0.15, -0.1) is 10.2 Å². The molecule has 1 heterocycles. The molecular weight excluding hydrogens is 307 g/mol. The largest absolute Gasteiger partial charge is 0.311 e. The number of nitrogens with one attached hydrogen (secondary N) is 1. The van der Waals surface area contributed by atoms with E-state index in [0.717, 1.165) is 11.1 Å². The Hall–Kier alpha value is -2.04. The average Bonchev–Trinajstić information content (AvgIpc) is 3.00. The van der Waals surface area contributed by atoms with Crippen molar-refractivity contribution in [2.45, 2.75) is 6.04 Å². The van der Waals surface area contributed by atoms with Crippen LogP contribution in [0.2, 0.25) is 10.0 Å². The molecule has 106 valence electrons. The Morgan fingerprint density at radius 2 is 1.19 bits per heavy atom. The van der Waals surface area contributed by atoms with Gasteiger partial charge in [-0.05, 0) is 35.4 Å². The van der Waals surface area contributed by atoms with Crippen LogP contribution >= 0.6 is 23.2 Å². The molecule has 1 N–H and O–H groups in total. The molecule has 0 atom stereocenters. The van der Waals surface area contributed by atoms with Crippen molar-refractivity contribution in [1.82, 2.24) is 14.9 Å². The van der Waals surface area contributed by atoms with Crippen LogP contribution < -0.4 is 5.43 Å². The van der Waals surface area contributed by atoms with Crippen molar-refractivity contribution >= 4 is 23.2 Å². The van der Waals surface area contributed by atoms with E-state index in [2.05, 4.69) is 15.6 Å². The number of hydrogen-bond acceptors (Lipinski definition) is 3. The zero-order chi connectivity index (χ0) is 14.7. The van der Waals surface area contributed by atoms with Crippen LogP contribution in [0.4, 0.5) is 0 Å². The minimum atomic E-state index is -0.0597. The van der Waals surface area contributed by atoms with Crippen molar-refractivity contribution in [2.24, 2.45) is 0 Å². The smallest absolute Gasteiger partial charge is 0.138 e. The fourth-order valence-electron chi connectivity index (χ4n) is 2.07. The van der Waals surface area contributed by atoms with E-state index in [1.165, 1.54) is 0 Å². The highest BCUT2D eigenvalue weighted by atomic mass is 35.5. The average molecular weight is 319 g/mol. The standard InChI is InChI=1S/C15H12Cl2N4/c16-13-5-1-11(2-6-13)15(20-21-9-18-19-10-21)12-3-7-14(17)8-4-12/h1-10,15,20H. The second-order valence-corrected chi connectivity index (χ2v) is 5.41. The molecule has 3 rings (SSSR count). The number of halogens is 2. The van der Waals surface area contributed by atoms with E-state index in [9.17, 15) is 0 Å². The lowest BCUT2D eigenvalue weighted by molar-refractivity contribution is 0.753. The molecule has 2 aromatic carbocycles. The molecule has 0 aliphatic rings. The Morgan fingerprint density at radius 3 is 1.62 bits per heavy atom. The normalized spacial score (nSPS) is 10.8. The van der Waals surface area contributed by atoms with Gasteiger partial charge < -0.3 is 5.43 Å². The minimum absolute atomic E-state index is 0.0597. The Morgan fingerprint density at radius 1 is 0.762 bits per heavy atom. The van der Waals surface area contributed by atoms with Gasteiger partial charge in [0.2, 0.25) is 0 Å². The summed E-state index contributed by atoms with van der Waals surface area (Å²) in [6.07, 6.45) is 3.22. The number of rotatable bonds is 4. The Kier molecular flexibility index (Phi) is 4.08. The lowest BCUT2D eigenvalue weighted by Crippen LogP contribution is -2.20. The molecule has 0 fully saturated rings. The topological polar surface area (TPSA) is 42.7 Å². The van der Waals surface area contributed by atoms with Crippen molar-refractivity contribution < 1.29 is 0 Å². The highest BCUT2D eigenvalue weighted by Crippen LogP contribution is 2.25. The molecule has 0 aliphatic carbocycles. The first-order chi connectivity index (χ1) is 10.2. The summed E-state index contributed by atoms with van der Waals surface area (Å²) >= 11 is 11.9. The molecule has 0 unspecified atom stereocenters. The maximum Gasteiger partial charge on any atom is 0.138 e. The molecule has 0 spiro atoms. The van der Waals surface area contributed by atoms with Crippen molar-refractivity contribution in [3.63, 3.8) is 0 Å². The highest BCUT2D eigenvalue weighted by Gasteiger charge is 2.14. The maximum absolute atomic E-state index is 5.96. The second kappa shape index (κ2) is 6.16. The molecule has 6 heteroatoms. The van der Waals surface area contributed by atoms with Crippen LogP contribution in [-0.2, 0) is 0 Å². The molecule has 3 aromatic rings. The minimum Gasteiger partial charge on any atom is -0.311 e. The van der Waals surface area contributed by atoms with Crippen LogP contribution in [0.5, 0.6) is 0 Å². The van der Waals surface area contributed by atoms with Gasteiger partial charge in [-0.3, -0.25) is 0 Å². The highest BCUT2D eigenvalue weighted by molar-refractivity contribution is 6.30. The Balaban J connectivity index is 1.97. The van der Waals surface area contributed by atoms with E-state index < -0.39 is 0 Å². The molecule has 0 amide bonds. The third-order valence-corrected chi connectivity index (χ3v) is 3.61. The first-order valence-electron chi connectivity index (χ1n) is 6.34. The lowest BCUT2D eigenvalue weighted by atomic mass is 9.99. The quantitative estimate of drug-likeness (QED) is 0.792. The number of hydrogen-bond donors (Lipinski definition) is 1. The maximum atomic E-state index is 5.96. The van der Waals surface area contributed by atoms with E-state index in [1.807, 2.05) is 48.5 Å². The summed E-state index contributed by atoms with van der Waals surface area (Å²) in [5.74, 6) is 0. The summed E-state index contributed by atoms with van der Waals surface area (Å²) in [5.41, 5.74) is 5.49. The third kappa shape index (κ3) is 3.35. The second-order valence-electron chi connectivity index (χ2n) is 4.53. The van der Waals surface area contributed by atoms with Crippen LogP contribution in [0.15, 0.2) is 61.2 Å². The summed E-state index contributed by atoms with van der Waals surface area (Å²) in [5, 5.41) is 9.01. The Labute approximate surface area is 132 Å². The van der Waals surface area contributed by atoms with Crippen molar-refractivity contribution in [2.75, 3.05) is 5.43 Å². The summed E-state index contributed by atoms with van der Waals surface area (Å²) < 4.78 is 1.72. The number of benzene rings is 2. The van der Waals surface area contributed by atoms with Crippen LogP contribution in [0.1, 0.15) is 17.2 Å². The fraction of sp³-hybridized carbons (Fsp3) is 0.0667. The summed E-state index contributed by atoms with van der Waals surface area (Å²) in [7, 11) is 0. The summed E-state index contributed by atoms with van der Waals surface area (Å²) in [4.78, 5) is 0. The van der Waals surface area contributed by atoms with E-state index in [0.29, 0.717) is 10.0 Å². The Bertz CT molecular complexity index is 648. The third-order valence-electron chi connectivity index (χ3n) is 3.10. The van der Waals surface area contributed by atoms with Crippen LogP contribution in [-0.4, -0.2) is 14.9 Å². The van der Waals surface area contributed by atoms with Gasteiger partial charge in [-0.25, -0.2) is 4.68 Å². The van der Waals surface area contributed by atoms with E-state index in [4.69, 9.17) is 23.2 Å².